The Morgan fingerprint density at radius 1 is 1.19 bits per heavy atom. The lowest BCUT2D eigenvalue weighted by Gasteiger charge is -2.13. The lowest BCUT2D eigenvalue weighted by Crippen LogP contribution is -2.35. The maximum atomic E-state index is 12.9. The van der Waals surface area contributed by atoms with Crippen molar-refractivity contribution in [1.82, 2.24) is 5.32 Å². The summed E-state index contributed by atoms with van der Waals surface area (Å²) in [5, 5.41) is 3.51. The summed E-state index contributed by atoms with van der Waals surface area (Å²) >= 11 is 0. The molecular weight excluding hydrogens is 349 g/mol. The molecular formula is C21H20FNO4. The molecule has 1 atom stereocenters. The highest BCUT2D eigenvalue weighted by Gasteiger charge is 2.19. The van der Waals surface area contributed by atoms with Crippen molar-refractivity contribution in [2.75, 3.05) is 0 Å². The molecule has 0 aliphatic heterocycles. The minimum absolute atomic E-state index is 0.0195. The van der Waals surface area contributed by atoms with E-state index >= 15 is 0 Å². The number of carbonyl (C=O) groups excluding carboxylic acids is 2. The van der Waals surface area contributed by atoms with Gasteiger partial charge in [-0.1, -0.05) is 24.3 Å². The summed E-state index contributed by atoms with van der Waals surface area (Å²) in [6.45, 7) is 3.70. The predicted molar refractivity (Wildman–Crippen MR) is 98.5 cm³/mol. The monoisotopic (exact) mass is 369 g/mol. The minimum Gasteiger partial charge on any atom is -0.464 e. The average Bonchev–Trinajstić information content (AvgIpc) is 3.02. The second-order valence-corrected chi connectivity index (χ2v) is 6.41. The van der Waals surface area contributed by atoms with Gasteiger partial charge in [-0.2, -0.15) is 0 Å². The SMILES string of the molecule is Cc1ccc2c(CC(=O)O[C@@H](C)C(=O)NCc3ccc(F)cc3)coc2c1. The molecule has 0 fully saturated rings. The van der Waals surface area contributed by atoms with Crippen molar-refractivity contribution >= 4 is 22.8 Å². The van der Waals surface area contributed by atoms with Crippen LogP contribution in [0.1, 0.15) is 23.6 Å². The number of aryl methyl sites for hydroxylation is 1. The fourth-order valence-corrected chi connectivity index (χ4v) is 2.71. The van der Waals surface area contributed by atoms with Gasteiger partial charge in [-0.05, 0) is 43.2 Å². The van der Waals surface area contributed by atoms with Crippen LogP contribution in [0.5, 0.6) is 0 Å². The maximum absolute atomic E-state index is 12.9. The second kappa shape index (κ2) is 8.03. The summed E-state index contributed by atoms with van der Waals surface area (Å²) in [4.78, 5) is 24.3. The Morgan fingerprint density at radius 3 is 2.67 bits per heavy atom. The highest BCUT2D eigenvalue weighted by Crippen LogP contribution is 2.23. The van der Waals surface area contributed by atoms with Gasteiger partial charge in [0.1, 0.15) is 11.4 Å². The lowest BCUT2D eigenvalue weighted by molar-refractivity contribution is -0.154. The molecule has 6 heteroatoms. The van der Waals surface area contributed by atoms with E-state index in [4.69, 9.17) is 9.15 Å². The van der Waals surface area contributed by atoms with E-state index in [9.17, 15) is 14.0 Å². The van der Waals surface area contributed by atoms with Gasteiger partial charge in [0, 0.05) is 17.5 Å². The van der Waals surface area contributed by atoms with Crippen LogP contribution in [0.2, 0.25) is 0 Å². The maximum Gasteiger partial charge on any atom is 0.311 e. The van der Waals surface area contributed by atoms with Crippen LogP contribution in [0.25, 0.3) is 11.0 Å². The molecule has 0 aliphatic carbocycles. The number of hydrogen-bond donors (Lipinski definition) is 1. The number of halogens is 1. The van der Waals surface area contributed by atoms with Crippen molar-refractivity contribution in [1.29, 1.82) is 0 Å². The number of furan rings is 1. The van der Waals surface area contributed by atoms with Gasteiger partial charge in [0.15, 0.2) is 6.10 Å². The Labute approximate surface area is 156 Å². The number of nitrogens with one attached hydrogen (secondary N) is 1. The van der Waals surface area contributed by atoms with E-state index in [0.29, 0.717) is 11.1 Å². The van der Waals surface area contributed by atoms with E-state index in [1.807, 2.05) is 25.1 Å². The molecule has 0 radical (unpaired) electrons. The van der Waals surface area contributed by atoms with Gasteiger partial charge in [-0.15, -0.1) is 0 Å². The number of carbonyl (C=O) groups is 2. The number of esters is 1. The number of fused-ring (bicyclic) bond motifs is 1. The van der Waals surface area contributed by atoms with Crippen molar-refractivity contribution in [3.05, 3.63) is 71.2 Å². The Hall–Kier alpha value is -3.15. The number of rotatable bonds is 6. The molecule has 5 nitrogen and oxygen atoms in total. The minimum atomic E-state index is -0.932. The van der Waals surface area contributed by atoms with E-state index < -0.39 is 18.0 Å². The molecule has 1 N–H and O–H groups in total. The zero-order valence-corrected chi connectivity index (χ0v) is 15.1. The highest BCUT2D eigenvalue weighted by molar-refractivity contribution is 5.88. The third-order valence-electron chi connectivity index (χ3n) is 4.20. The first-order valence-electron chi connectivity index (χ1n) is 8.61. The van der Waals surface area contributed by atoms with Crippen molar-refractivity contribution in [3.8, 4) is 0 Å². The molecule has 27 heavy (non-hydrogen) atoms. The molecule has 3 aromatic rings. The summed E-state index contributed by atoms with van der Waals surface area (Å²) in [7, 11) is 0. The summed E-state index contributed by atoms with van der Waals surface area (Å²) < 4.78 is 23.6. The standard InChI is InChI=1S/C21H20FNO4/c1-13-3-8-18-16(12-26-19(18)9-13)10-20(24)27-14(2)21(25)23-11-15-4-6-17(22)7-5-15/h3-9,12,14H,10-11H2,1-2H3,(H,23,25)/t14-/m0/s1. The fraction of sp³-hybridized carbons (Fsp3) is 0.238. The average molecular weight is 369 g/mol. The van der Waals surface area contributed by atoms with Crippen molar-refractivity contribution in [2.45, 2.75) is 32.9 Å². The van der Waals surface area contributed by atoms with Crippen LogP contribution >= 0.6 is 0 Å². The normalized spacial score (nSPS) is 12.0. The molecule has 2 aromatic carbocycles. The quantitative estimate of drug-likeness (QED) is 0.673. The molecule has 1 heterocycles. The Kier molecular flexibility index (Phi) is 5.54. The number of amides is 1. The van der Waals surface area contributed by atoms with Crippen LogP contribution in [-0.4, -0.2) is 18.0 Å². The first-order chi connectivity index (χ1) is 12.9. The number of benzene rings is 2. The van der Waals surface area contributed by atoms with E-state index in [2.05, 4.69) is 5.32 Å². The predicted octanol–water partition coefficient (Wildman–Crippen LogP) is 3.67. The van der Waals surface area contributed by atoms with Crippen molar-refractivity contribution in [3.63, 3.8) is 0 Å². The number of ether oxygens (including phenoxy) is 1. The molecule has 0 saturated carbocycles. The van der Waals surface area contributed by atoms with Gasteiger partial charge in [0.05, 0.1) is 12.7 Å². The van der Waals surface area contributed by atoms with E-state index in [1.165, 1.54) is 25.3 Å². The molecule has 1 aromatic heterocycles. The zero-order valence-electron chi connectivity index (χ0n) is 15.1. The van der Waals surface area contributed by atoms with Gasteiger partial charge in [-0.25, -0.2) is 4.39 Å². The van der Waals surface area contributed by atoms with Crippen molar-refractivity contribution in [2.24, 2.45) is 0 Å². The Morgan fingerprint density at radius 2 is 1.93 bits per heavy atom. The van der Waals surface area contributed by atoms with E-state index in [-0.39, 0.29) is 18.8 Å². The fourth-order valence-electron chi connectivity index (χ4n) is 2.71. The molecule has 3 rings (SSSR count). The van der Waals surface area contributed by atoms with Gasteiger partial charge in [0.2, 0.25) is 0 Å². The van der Waals surface area contributed by atoms with Gasteiger partial charge in [-0.3, -0.25) is 9.59 Å². The molecule has 1 amide bonds. The second-order valence-electron chi connectivity index (χ2n) is 6.41. The van der Waals surface area contributed by atoms with Crippen LogP contribution < -0.4 is 5.32 Å². The smallest absolute Gasteiger partial charge is 0.311 e. The first-order valence-corrected chi connectivity index (χ1v) is 8.61. The summed E-state index contributed by atoms with van der Waals surface area (Å²) in [5.74, 6) is -1.27. The Bertz CT molecular complexity index is 962. The Balaban J connectivity index is 1.53. The number of hydrogen-bond acceptors (Lipinski definition) is 4. The van der Waals surface area contributed by atoms with Gasteiger partial charge in [0.25, 0.3) is 5.91 Å². The molecule has 0 saturated heterocycles. The summed E-state index contributed by atoms with van der Waals surface area (Å²) in [5.41, 5.74) is 3.25. The first kappa shape index (κ1) is 18.6. The topological polar surface area (TPSA) is 68.5 Å². The molecule has 0 unspecified atom stereocenters. The summed E-state index contributed by atoms with van der Waals surface area (Å²) in [6, 6.07) is 11.5. The van der Waals surface area contributed by atoms with Crippen LogP contribution in [0.3, 0.4) is 0 Å². The third-order valence-corrected chi connectivity index (χ3v) is 4.20. The lowest BCUT2D eigenvalue weighted by atomic mass is 10.1. The van der Waals surface area contributed by atoms with Gasteiger partial charge < -0.3 is 14.5 Å². The molecule has 140 valence electrons. The van der Waals surface area contributed by atoms with Crippen LogP contribution in [0.15, 0.2) is 53.1 Å². The molecule has 0 aliphatic rings. The van der Waals surface area contributed by atoms with Crippen LogP contribution in [0.4, 0.5) is 4.39 Å². The molecule has 0 spiro atoms. The zero-order chi connectivity index (χ0) is 19.4. The highest BCUT2D eigenvalue weighted by atomic mass is 19.1. The summed E-state index contributed by atoms with van der Waals surface area (Å²) in [6.07, 6.45) is 0.620. The van der Waals surface area contributed by atoms with Crippen molar-refractivity contribution < 1.29 is 23.1 Å². The third kappa shape index (κ3) is 4.73. The van der Waals surface area contributed by atoms with Crippen LogP contribution in [-0.2, 0) is 27.3 Å². The van der Waals surface area contributed by atoms with E-state index in [0.717, 1.165) is 16.5 Å². The molecule has 0 bridgehead atoms. The van der Waals surface area contributed by atoms with Gasteiger partial charge >= 0.3 is 5.97 Å². The van der Waals surface area contributed by atoms with E-state index in [1.54, 1.807) is 12.1 Å². The largest absolute Gasteiger partial charge is 0.464 e. The van der Waals surface area contributed by atoms with Crippen LogP contribution in [0, 0.1) is 12.7 Å².